The summed E-state index contributed by atoms with van der Waals surface area (Å²) in [4.78, 5) is 0. The first-order chi connectivity index (χ1) is 9.28. The van der Waals surface area contributed by atoms with Gasteiger partial charge in [-0.2, -0.15) is 0 Å². The maximum atomic E-state index is 3.98. The Labute approximate surface area is 135 Å². The predicted molar refractivity (Wildman–Crippen MR) is 76.3 cm³/mol. The van der Waals surface area contributed by atoms with Crippen molar-refractivity contribution in [2.24, 2.45) is 0 Å². The predicted octanol–water partition coefficient (Wildman–Crippen LogP) is 3.16. The summed E-state index contributed by atoms with van der Waals surface area (Å²) in [6.07, 6.45) is 3.86. The Morgan fingerprint density at radius 2 is 1.32 bits per heavy atom. The Morgan fingerprint density at radius 3 is 1.68 bits per heavy atom. The van der Waals surface area contributed by atoms with E-state index in [0.29, 0.717) is 0 Å². The van der Waals surface area contributed by atoms with Crippen molar-refractivity contribution in [3.05, 3.63) is 66.0 Å². The number of hydrogen-bond donors (Lipinski definition) is 0. The van der Waals surface area contributed by atoms with Crippen LogP contribution in [0.25, 0.3) is 17.8 Å². The van der Waals surface area contributed by atoms with E-state index in [1.165, 1.54) is 49.8 Å². The van der Waals surface area contributed by atoms with E-state index in [9.17, 15) is 0 Å². The van der Waals surface area contributed by atoms with E-state index in [-0.39, 0.29) is 0 Å². The normalized spacial score (nSPS) is 9.89. The molecule has 2 rings (SSSR count). The Bertz CT molecular complexity index is 614. The Morgan fingerprint density at radius 1 is 0.842 bits per heavy atom. The first kappa shape index (κ1) is 14.5. The van der Waals surface area contributed by atoms with E-state index < -0.39 is 0 Å². The van der Waals surface area contributed by atoms with E-state index in [2.05, 4.69) is 50.8 Å². The summed E-state index contributed by atoms with van der Waals surface area (Å²) < 4.78 is 6.67. The maximum absolute atomic E-state index is 3.98. The summed E-state index contributed by atoms with van der Waals surface area (Å²) >= 11 is 2.88. The fraction of sp³-hybridized carbons (Fsp3) is 0. The summed E-state index contributed by atoms with van der Waals surface area (Å²) in [5, 5.41) is 0. The van der Waals surface area contributed by atoms with Gasteiger partial charge in [0.2, 0.25) is 0 Å². The molecule has 1 aromatic heterocycles. The molecule has 94 valence electrons. The second-order valence-corrected chi connectivity index (χ2v) is 5.61. The molecular weight excluding hydrogens is 574 g/mol. The van der Waals surface area contributed by atoms with Crippen molar-refractivity contribution >= 4 is 21.0 Å². The van der Waals surface area contributed by atoms with Crippen LogP contribution in [-0.4, -0.2) is 13.4 Å². The topological polar surface area (TPSA) is 4.93 Å². The molecule has 0 N–H and O–H groups in total. The molecule has 0 aliphatic heterocycles. The van der Waals surface area contributed by atoms with Gasteiger partial charge in [-0.25, -0.2) is 0 Å². The average Bonchev–Trinajstić information content (AvgIpc) is 2.80. The Hall–Kier alpha value is -0.903. The Balaban J connectivity index is 2.90. The van der Waals surface area contributed by atoms with E-state index in [0.717, 1.165) is 17.1 Å². The van der Waals surface area contributed by atoms with Gasteiger partial charge in [-0.3, -0.25) is 0 Å². The summed E-state index contributed by atoms with van der Waals surface area (Å²) in [6, 6.07) is 10.4. The van der Waals surface area contributed by atoms with Crippen LogP contribution in [0.5, 0.6) is 0 Å². The van der Waals surface area contributed by atoms with E-state index in [1.54, 1.807) is 0 Å². The van der Waals surface area contributed by atoms with Crippen LogP contribution in [0.4, 0.5) is 0 Å². The van der Waals surface area contributed by atoms with Crippen LogP contribution in [-0.2, 0) is 38.7 Å². The summed E-state index contributed by atoms with van der Waals surface area (Å²) in [5.74, 6) is 0. The number of hydrogen-bond acceptors (Lipinski definition) is 0. The zero-order valence-electron chi connectivity index (χ0n) is 10.4. The Kier molecular flexibility index (Phi) is 4.97. The van der Waals surface area contributed by atoms with Gasteiger partial charge in [0.15, 0.2) is 0 Å². The molecule has 1 heterocycles. The standard InChI is InChI=1S/C16H13N.2W/c1-5-15-12(3)13(4)16(6-2)17(15)14-10-8-7-9-11-14;;/h3-11H,1-2H2;;. The van der Waals surface area contributed by atoms with Crippen LogP contribution in [0.2, 0.25) is 0 Å². The van der Waals surface area contributed by atoms with Crippen molar-refractivity contribution in [3.8, 4) is 5.69 Å². The molecule has 19 heavy (non-hydrogen) atoms. The van der Waals surface area contributed by atoms with Crippen molar-refractivity contribution in [3.63, 3.8) is 0 Å². The van der Waals surface area contributed by atoms with E-state index in [1.807, 2.05) is 18.2 Å². The molecule has 0 saturated carbocycles. The van der Waals surface area contributed by atoms with Crippen LogP contribution < -0.4 is 0 Å². The average molecular weight is 587 g/mol. The van der Waals surface area contributed by atoms with Gasteiger partial charge >= 0.3 is 136 Å². The van der Waals surface area contributed by atoms with Crippen LogP contribution in [0.1, 0.15) is 22.5 Å². The molecule has 0 aliphatic carbocycles. The van der Waals surface area contributed by atoms with Crippen LogP contribution in [0, 0.1) is 0 Å². The molecule has 0 spiro atoms. The molecular formula is C16H13NW2. The van der Waals surface area contributed by atoms with Crippen molar-refractivity contribution < 1.29 is 38.7 Å². The monoisotopic (exact) mass is 587 g/mol. The molecule has 0 bridgehead atoms. The molecule has 0 unspecified atom stereocenters. The van der Waals surface area contributed by atoms with Gasteiger partial charge in [0.25, 0.3) is 0 Å². The van der Waals surface area contributed by atoms with Gasteiger partial charge in [-0.15, -0.1) is 0 Å². The molecule has 1 aromatic carbocycles. The van der Waals surface area contributed by atoms with Crippen molar-refractivity contribution in [1.29, 1.82) is 0 Å². The fourth-order valence-corrected chi connectivity index (χ4v) is 3.93. The minimum absolute atomic E-state index is 1.14. The summed E-state index contributed by atoms with van der Waals surface area (Å²) in [7, 11) is 0. The minimum atomic E-state index is 1.14. The van der Waals surface area contributed by atoms with Gasteiger partial charge in [0.1, 0.15) is 0 Å². The van der Waals surface area contributed by atoms with Gasteiger partial charge in [0.05, 0.1) is 0 Å². The molecule has 0 amide bonds. The summed E-state index contributed by atoms with van der Waals surface area (Å²) in [5.41, 5.74) is 5.96. The molecule has 0 fully saturated rings. The SMILES string of the molecule is C=Cc1c([CH]=[W])c([CH]=[W])c(C=C)n1-c1ccccc1. The summed E-state index contributed by atoms with van der Waals surface area (Å²) in [6.45, 7) is 7.95. The zero-order valence-corrected chi connectivity index (χ0v) is 16.2. The molecule has 0 saturated heterocycles. The second-order valence-electron chi connectivity index (χ2n) is 3.91. The number of nitrogens with zero attached hydrogens (tertiary/aromatic N) is 1. The quantitative estimate of drug-likeness (QED) is 0.508. The first-order valence-corrected chi connectivity index (χ1v) is 9.16. The van der Waals surface area contributed by atoms with E-state index >= 15 is 0 Å². The van der Waals surface area contributed by atoms with Crippen molar-refractivity contribution in [2.45, 2.75) is 0 Å². The molecule has 0 radical (unpaired) electrons. The molecule has 2 aromatic rings. The van der Waals surface area contributed by atoms with Crippen LogP contribution in [0.3, 0.4) is 0 Å². The number of aromatic nitrogens is 1. The zero-order chi connectivity index (χ0) is 13.8. The van der Waals surface area contributed by atoms with Gasteiger partial charge in [-0.1, -0.05) is 0 Å². The molecule has 3 heteroatoms. The van der Waals surface area contributed by atoms with Crippen molar-refractivity contribution in [2.75, 3.05) is 0 Å². The third-order valence-corrected chi connectivity index (χ3v) is 4.65. The molecule has 1 nitrogen and oxygen atoms in total. The number of benzene rings is 1. The fourth-order valence-electron chi connectivity index (χ4n) is 2.15. The van der Waals surface area contributed by atoms with Crippen molar-refractivity contribution in [1.82, 2.24) is 4.57 Å². The first-order valence-electron chi connectivity index (χ1n) is 5.77. The molecule has 0 aliphatic rings. The van der Waals surface area contributed by atoms with Gasteiger partial charge in [-0.05, 0) is 0 Å². The van der Waals surface area contributed by atoms with Gasteiger partial charge in [0, 0.05) is 0 Å². The second kappa shape index (κ2) is 6.50. The van der Waals surface area contributed by atoms with Gasteiger partial charge < -0.3 is 0 Å². The number of para-hydroxylation sites is 1. The molecule has 0 atom stereocenters. The van der Waals surface area contributed by atoms with E-state index in [4.69, 9.17) is 0 Å². The third-order valence-electron chi connectivity index (χ3n) is 2.96. The van der Waals surface area contributed by atoms with Crippen LogP contribution in [0.15, 0.2) is 43.5 Å². The number of rotatable bonds is 5. The third kappa shape index (κ3) is 2.55. The van der Waals surface area contributed by atoms with Crippen LogP contribution >= 0.6 is 0 Å².